The number of Topliss-reactive ketones (excluding diaryl/α,β-unsaturated/α-hetero) is 1. The molecule has 0 aromatic heterocycles. The molecule has 2 spiro atoms. The molecule has 2 aliphatic carbocycles. The van der Waals surface area contributed by atoms with Crippen molar-refractivity contribution < 1.29 is 34.0 Å². The molecule has 1 saturated heterocycles. The quantitative estimate of drug-likeness (QED) is 0.458. The lowest BCUT2D eigenvalue weighted by Crippen LogP contribution is -2.62. The summed E-state index contributed by atoms with van der Waals surface area (Å²) < 4.78 is 25.4. The van der Waals surface area contributed by atoms with Gasteiger partial charge in [0.05, 0.1) is 32.1 Å². The first-order chi connectivity index (χ1) is 21.9. The highest BCUT2D eigenvalue weighted by atomic mass is 16.5. The maximum absolute atomic E-state index is 15.7. The van der Waals surface area contributed by atoms with E-state index in [-0.39, 0.29) is 35.2 Å². The van der Waals surface area contributed by atoms with Crippen molar-refractivity contribution in [3.05, 3.63) is 69.8 Å². The number of methoxy groups -OCH3 is 2. The number of nitrogens with zero attached hydrogens (tertiary/aromatic N) is 2. The van der Waals surface area contributed by atoms with Crippen LogP contribution in [0.15, 0.2) is 36.4 Å². The minimum Gasteiger partial charge on any atom is -0.504 e. The summed E-state index contributed by atoms with van der Waals surface area (Å²) in [6.07, 6.45) is 2.83. The number of hydrogen-bond donors (Lipinski definition) is 2. The molecule has 1 saturated carbocycles. The largest absolute Gasteiger partial charge is 0.504 e. The van der Waals surface area contributed by atoms with Gasteiger partial charge in [-0.15, -0.1) is 0 Å². The highest BCUT2D eigenvalue weighted by Crippen LogP contribution is 2.72. The number of piperidine rings is 1. The molecule has 10 rings (SSSR count). The van der Waals surface area contributed by atoms with Crippen LogP contribution in [0.25, 0.3) is 11.3 Å². The Bertz CT molecular complexity index is 1930. The van der Waals surface area contributed by atoms with E-state index < -0.39 is 11.6 Å². The van der Waals surface area contributed by atoms with Crippen LogP contribution in [0.2, 0.25) is 0 Å². The third-order valence-electron chi connectivity index (χ3n) is 12.3. The van der Waals surface area contributed by atoms with E-state index in [4.69, 9.17) is 18.9 Å². The average molecular weight is 607 g/mol. The second-order valence-electron chi connectivity index (χ2n) is 13.7. The van der Waals surface area contributed by atoms with Gasteiger partial charge >= 0.3 is 0 Å². The van der Waals surface area contributed by atoms with Gasteiger partial charge in [0.2, 0.25) is 0 Å². The Balaban J connectivity index is 1.26. The fourth-order valence-corrected chi connectivity index (χ4v) is 10.5. The zero-order chi connectivity index (χ0) is 30.6. The number of ketones is 1. The first kappa shape index (κ1) is 26.1. The summed E-state index contributed by atoms with van der Waals surface area (Å²) >= 11 is 0. The fraction of sp³-hybridized carbons (Fsp3) is 0.417. The van der Waals surface area contributed by atoms with Crippen molar-refractivity contribution >= 4 is 17.1 Å². The van der Waals surface area contributed by atoms with Crippen molar-refractivity contribution in [2.45, 2.75) is 55.4 Å². The number of carbonyl (C=O) groups is 1. The zero-order valence-electron chi connectivity index (χ0n) is 25.5. The SMILES string of the molecule is COc1ccc2c3c1Oc1c(ccc(CO)c1O)C1=C3N(CC2)[C@]2(CC3[C@@H]4Cc5ccc(OC)c6c5[C@]3(CCN4C)[C@@H]2O6)C1=O. The van der Waals surface area contributed by atoms with Crippen molar-refractivity contribution in [1.82, 2.24) is 9.80 Å². The first-order valence-corrected chi connectivity index (χ1v) is 15.9. The third-order valence-corrected chi connectivity index (χ3v) is 12.3. The molecule has 5 aliphatic heterocycles. The number of aromatic hydroxyl groups is 1. The number of rotatable bonds is 3. The maximum Gasteiger partial charge on any atom is 0.195 e. The average Bonchev–Trinajstić information content (AvgIpc) is 3.59. The van der Waals surface area contributed by atoms with Crippen molar-refractivity contribution in [3.8, 4) is 34.5 Å². The molecule has 3 aromatic carbocycles. The van der Waals surface area contributed by atoms with Gasteiger partial charge in [0.15, 0.2) is 40.3 Å². The van der Waals surface area contributed by atoms with Crippen LogP contribution < -0.4 is 18.9 Å². The van der Waals surface area contributed by atoms with Gasteiger partial charge in [0.25, 0.3) is 0 Å². The van der Waals surface area contributed by atoms with E-state index in [9.17, 15) is 10.2 Å². The van der Waals surface area contributed by atoms with Crippen molar-refractivity contribution in [1.29, 1.82) is 0 Å². The van der Waals surface area contributed by atoms with E-state index in [2.05, 4.69) is 29.0 Å². The third kappa shape index (κ3) is 2.71. The molecule has 9 heteroatoms. The minimum atomic E-state index is -0.956. The second kappa shape index (κ2) is 8.33. The Hall–Kier alpha value is -4.21. The Labute approximate surface area is 260 Å². The molecule has 0 amide bonds. The number of likely N-dealkylation sites (tertiary alicyclic amines) is 1. The molecule has 45 heavy (non-hydrogen) atoms. The lowest BCUT2D eigenvalue weighted by atomic mass is 9.58. The number of phenols is 1. The van der Waals surface area contributed by atoms with Crippen LogP contribution in [0.1, 0.15) is 46.2 Å². The number of aliphatic hydroxyl groups is 1. The summed E-state index contributed by atoms with van der Waals surface area (Å²) in [4.78, 5) is 20.5. The molecule has 1 unspecified atom stereocenters. The molecule has 5 heterocycles. The number of benzene rings is 3. The lowest BCUT2D eigenvalue weighted by Gasteiger charge is -2.52. The van der Waals surface area contributed by atoms with Crippen molar-refractivity contribution in [3.63, 3.8) is 0 Å². The Morgan fingerprint density at radius 1 is 1.00 bits per heavy atom. The summed E-state index contributed by atoms with van der Waals surface area (Å²) in [5.41, 5.74) is 5.42. The van der Waals surface area contributed by atoms with Crippen LogP contribution >= 0.6 is 0 Å². The normalized spacial score (nSPS) is 30.9. The lowest BCUT2D eigenvalue weighted by molar-refractivity contribution is -0.126. The molecule has 2 bridgehead atoms. The van der Waals surface area contributed by atoms with Crippen LogP contribution in [0, 0.1) is 5.92 Å². The van der Waals surface area contributed by atoms with Gasteiger partial charge in [-0.3, -0.25) is 4.79 Å². The summed E-state index contributed by atoms with van der Waals surface area (Å²) in [6, 6.07) is 11.9. The summed E-state index contributed by atoms with van der Waals surface area (Å²) in [5.74, 6) is 2.76. The van der Waals surface area contributed by atoms with Crippen LogP contribution in [0.4, 0.5) is 0 Å². The molecule has 3 aromatic rings. The van der Waals surface area contributed by atoms with Crippen LogP contribution in [-0.4, -0.2) is 77.8 Å². The fourth-order valence-electron chi connectivity index (χ4n) is 10.5. The molecule has 9 nitrogen and oxygen atoms in total. The van der Waals surface area contributed by atoms with Gasteiger partial charge in [-0.1, -0.05) is 18.2 Å². The molecule has 2 fully saturated rings. The number of ether oxygens (including phenoxy) is 4. The van der Waals surface area contributed by atoms with Gasteiger partial charge in [-0.05, 0) is 74.5 Å². The zero-order valence-corrected chi connectivity index (χ0v) is 25.5. The maximum atomic E-state index is 15.7. The summed E-state index contributed by atoms with van der Waals surface area (Å²) in [5, 5.41) is 21.4. The Kier molecular flexibility index (Phi) is 4.82. The van der Waals surface area contributed by atoms with E-state index in [0.717, 1.165) is 54.1 Å². The second-order valence-corrected chi connectivity index (χ2v) is 13.7. The molecule has 230 valence electrons. The van der Waals surface area contributed by atoms with Gasteiger partial charge in [-0.25, -0.2) is 0 Å². The monoisotopic (exact) mass is 606 g/mol. The van der Waals surface area contributed by atoms with Gasteiger partial charge < -0.3 is 39.0 Å². The summed E-state index contributed by atoms with van der Waals surface area (Å²) in [7, 11) is 5.50. The Morgan fingerprint density at radius 2 is 1.78 bits per heavy atom. The first-order valence-electron chi connectivity index (χ1n) is 15.9. The van der Waals surface area contributed by atoms with E-state index in [1.165, 1.54) is 11.1 Å². The predicted octanol–water partition coefficient (Wildman–Crippen LogP) is 4.03. The van der Waals surface area contributed by atoms with Crippen LogP contribution in [0.5, 0.6) is 34.5 Å². The van der Waals surface area contributed by atoms with E-state index in [1.807, 2.05) is 18.2 Å². The number of likely N-dealkylation sites (N-methyl/N-ethyl adjacent to an activating group) is 1. The molecule has 5 atom stereocenters. The molecule has 0 radical (unpaired) electrons. The standard InChI is InChI=1S/C36H34N2O7/c1-37-13-11-35-21-15-36(34(35)45-32-24(43-3)9-6-18(27(32)35)14-22(21)37)33(41)26-20-7-4-19(16-39)29(40)30(20)44-31-23(42-2)8-5-17-10-12-38(36)28(26)25(17)31/h4-9,21-22,34,39-40H,10-16H2,1-3H3/t21?,22-,34-,35+,36+/m0/s1. The van der Waals surface area contributed by atoms with Gasteiger partial charge in [-0.2, -0.15) is 0 Å². The van der Waals surface area contributed by atoms with E-state index in [1.54, 1.807) is 20.3 Å². The predicted molar refractivity (Wildman–Crippen MR) is 164 cm³/mol. The van der Waals surface area contributed by atoms with Crippen LogP contribution in [0.3, 0.4) is 0 Å². The highest BCUT2D eigenvalue weighted by Gasteiger charge is 2.78. The Morgan fingerprint density at radius 3 is 2.56 bits per heavy atom. The molecular weight excluding hydrogens is 572 g/mol. The smallest absolute Gasteiger partial charge is 0.195 e. The number of aliphatic hydroxyl groups excluding tert-OH is 1. The van der Waals surface area contributed by atoms with Crippen molar-refractivity contribution in [2.75, 3.05) is 34.4 Å². The molecule has 7 aliphatic rings. The molecular formula is C36H34N2O7. The topological polar surface area (TPSA) is 101 Å². The van der Waals surface area contributed by atoms with Crippen LogP contribution in [-0.2, 0) is 29.7 Å². The van der Waals surface area contributed by atoms with Gasteiger partial charge in [0.1, 0.15) is 11.6 Å². The van der Waals surface area contributed by atoms with Gasteiger partial charge in [0, 0.05) is 40.3 Å². The van der Waals surface area contributed by atoms with E-state index >= 15 is 4.79 Å². The minimum absolute atomic E-state index is 0.0115. The van der Waals surface area contributed by atoms with Crippen molar-refractivity contribution in [2.24, 2.45) is 5.92 Å². The number of hydrogen-bond acceptors (Lipinski definition) is 9. The molecule has 2 N–H and O–H groups in total. The number of fused-ring (bicyclic) bond motifs is 4. The highest BCUT2D eigenvalue weighted by molar-refractivity contribution is 6.36. The van der Waals surface area contributed by atoms with E-state index in [0.29, 0.717) is 47.2 Å². The number of carbonyl (C=O) groups excluding carboxylic acids is 1. The summed E-state index contributed by atoms with van der Waals surface area (Å²) in [6.45, 7) is 1.23.